The minimum atomic E-state index is -0.344. The van der Waals surface area contributed by atoms with Gasteiger partial charge < -0.3 is 21.4 Å². The van der Waals surface area contributed by atoms with E-state index in [-0.39, 0.29) is 5.54 Å². The van der Waals surface area contributed by atoms with Crippen LogP contribution in [-0.4, -0.2) is 40.7 Å². The van der Waals surface area contributed by atoms with Gasteiger partial charge in [-0.05, 0) is 62.6 Å². The molecule has 0 spiro atoms. The van der Waals surface area contributed by atoms with Gasteiger partial charge in [-0.1, -0.05) is 17.7 Å². The van der Waals surface area contributed by atoms with Gasteiger partial charge in [0.1, 0.15) is 0 Å². The van der Waals surface area contributed by atoms with Crippen LogP contribution < -0.4 is 11.1 Å². The van der Waals surface area contributed by atoms with Crippen LogP contribution in [0.4, 0.5) is 11.6 Å². The number of allylic oxidation sites excluding steroid dienone is 1. The van der Waals surface area contributed by atoms with Gasteiger partial charge >= 0.3 is 0 Å². The molecule has 0 amide bonds. The summed E-state index contributed by atoms with van der Waals surface area (Å²) in [6.45, 7) is 6.07. The lowest BCUT2D eigenvalue weighted by molar-refractivity contribution is 0.517. The smallest absolute Gasteiger partial charge is 0.227 e. The number of nitrogens with two attached hydrogens (primary N) is 1. The second-order valence-electron chi connectivity index (χ2n) is 8.66. The molecule has 0 unspecified atom stereocenters. The summed E-state index contributed by atoms with van der Waals surface area (Å²) in [5.74, 6) is 0.537. The first kappa shape index (κ1) is 21.5. The van der Waals surface area contributed by atoms with E-state index in [1.165, 1.54) is 11.8 Å². The zero-order chi connectivity index (χ0) is 21.9. The van der Waals surface area contributed by atoms with Gasteiger partial charge in [-0.25, -0.2) is 9.97 Å². The highest BCUT2D eigenvalue weighted by Crippen LogP contribution is 2.25. The van der Waals surface area contributed by atoms with Crippen molar-refractivity contribution < 1.29 is 0 Å². The van der Waals surface area contributed by atoms with Gasteiger partial charge in [0.05, 0.1) is 5.52 Å². The molecule has 1 heterocycles. The molecule has 0 radical (unpaired) electrons. The maximum atomic E-state index is 7.85. The number of aromatic nitrogens is 2. The Morgan fingerprint density at radius 3 is 2.63 bits per heavy atom. The highest BCUT2D eigenvalue weighted by molar-refractivity contribution is 6.08. The van der Waals surface area contributed by atoms with Crippen molar-refractivity contribution in [2.75, 3.05) is 19.4 Å². The molecular formula is C24H30N6. The molecule has 0 aliphatic carbocycles. The van der Waals surface area contributed by atoms with Crippen molar-refractivity contribution >= 4 is 34.3 Å². The number of hydrogen-bond acceptors (Lipinski definition) is 6. The summed E-state index contributed by atoms with van der Waals surface area (Å²) >= 11 is 0. The fourth-order valence-electron chi connectivity index (χ4n) is 3.37. The molecule has 6 nitrogen and oxygen atoms in total. The lowest BCUT2D eigenvalue weighted by Crippen LogP contribution is -2.34. The number of anilines is 2. The predicted octanol–water partition coefficient (Wildman–Crippen LogP) is 4.51. The molecule has 0 fully saturated rings. The topological polar surface area (TPSA) is 90.9 Å². The Bertz CT molecular complexity index is 1090. The number of hydrogen-bond donors (Lipinski definition) is 3. The second-order valence-corrected chi connectivity index (χ2v) is 8.66. The van der Waals surface area contributed by atoms with Gasteiger partial charge in [-0.2, -0.15) is 0 Å². The number of rotatable bonds is 7. The Morgan fingerprint density at radius 1 is 1.20 bits per heavy atom. The summed E-state index contributed by atoms with van der Waals surface area (Å²) in [6.07, 6.45) is 5.84. The fraction of sp³-hybridized carbons (Fsp3) is 0.292. The average Bonchev–Trinajstić information content (AvgIpc) is 2.64. The fourth-order valence-corrected chi connectivity index (χ4v) is 3.37. The molecule has 3 rings (SSSR count). The van der Waals surface area contributed by atoms with Crippen molar-refractivity contribution in [2.45, 2.75) is 32.7 Å². The molecule has 0 bridgehead atoms. The van der Waals surface area contributed by atoms with E-state index in [4.69, 9.17) is 11.1 Å². The molecule has 2 aromatic carbocycles. The van der Waals surface area contributed by atoms with Crippen molar-refractivity contribution in [3.05, 3.63) is 65.5 Å². The molecule has 3 aromatic rings. The first-order valence-corrected chi connectivity index (χ1v) is 9.95. The Balaban J connectivity index is 2.02. The van der Waals surface area contributed by atoms with E-state index in [1.807, 2.05) is 63.4 Å². The van der Waals surface area contributed by atoms with Gasteiger partial charge in [-0.15, -0.1) is 0 Å². The SMILES string of the molecule is Cc1ccc2nc(Nc3cc(CC(C)(C)N)cc(/C(C=N)=C/N(C)C)c3)ncc2c1. The van der Waals surface area contributed by atoms with Crippen LogP contribution in [0.15, 0.2) is 48.8 Å². The molecule has 0 atom stereocenters. The summed E-state index contributed by atoms with van der Waals surface area (Å²) < 4.78 is 0. The number of nitrogens with zero attached hydrogens (tertiary/aromatic N) is 3. The van der Waals surface area contributed by atoms with Crippen molar-refractivity contribution in [3.63, 3.8) is 0 Å². The van der Waals surface area contributed by atoms with E-state index < -0.39 is 0 Å². The van der Waals surface area contributed by atoms with E-state index in [9.17, 15) is 0 Å². The number of nitrogens with one attached hydrogen (secondary N) is 2. The van der Waals surface area contributed by atoms with Crippen molar-refractivity contribution in [3.8, 4) is 0 Å². The lowest BCUT2D eigenvalue weighted by atomic mass is 9.93. The average molecular weight is 403 g/mol. The monoisotopic (exact) mass is 402 g/mol. The largest absolute Gasteiger partial charge is 0.383 e. The quantitative estimate of drug-likeness (QED) is 0.506. The lowest BCUT2D eigenvalue weighted by Gasteiger charge is -2.20. The molecular weight excluding hydrogens is 372 g/mol. The van der Waals surface area contributed by atoms with Crippen LogP contribution in [0.25, 0.3) is 16.5 Å². The standard InChI is InChI=1S/C24H30N6/c1-16-6-7-22-19(8-16)14-27-23(29-22)28-21-10-17(12-24(2,3)26)9-18(11-21)20(13-25)15-30(4)5/h6-11,13-15,25H,12,26H2,1-5H3,(H,27,28,29)/b20-15+,25-13?. The molecule has 6 heteroatoms. The van der Waals surface area contributed by atoms with Crippen LogP contribution in [0.2, 0.25) is 0 Å². The molecule has 0 saturated carbocycles. The molecule has 156 valence electrons. The third kappa shape index (κ3) is 5.64. The first-order chi connectivity index (χ1) is 14.1. The minimum Gasteiger partial charge on any atom is -0.383 e. The molecule has 0 aliphatic heterocycles. The second kappa shape index (κ2) is 8.63. The molecule has 1 aromatic heterocycles. The molecule has 0 saturated heterocycles. The Labute approximate surface area is 178 Å². The maximum Gasteiger partial charge on any atom is 0.227 e. The molecule has 4 N–H and O–H groups in total. The van der Waals surface area contributed by atoms with Crippen molar-refractivity contribution in [1.82, 2.24) is 14.9 Å². The van der Waals surface area contributed by atoms with E-state index in [0.717, 1.165) is 33.3 Å². The van der Waals surface area contributed by atoms with Gasteiger partial charge in [0.15, 0.2) is 0 Å². The third-order valence-electron chi connectivity index (χ3n) is 4.53. The number of benzene rings is 2. The summed E-state index contributed by atoms with van der Waals surface area (Å²) in [4.78, 5) is 11.1. The molecule has 0 aliphatic rings. The van der Waals surface area contributed by atoms with Gasteiger partial charge in [0.25, 0.3) is 0 Å². The Morgan fingerprint density at radius 2 is 1.97 bits per heavy atom. The zero-order valence-corrected chi connectivity index (χ0v) is 18.3. The third-order valence-corrected chi connectivity index (χ3v) is 4.53. The van der Waals surface area contributed by atoms with Crippen LogP contribution in [0.1, 0.15) is 30.5 Å². The summed E-state index contributed by atoms with van der Waals surface area (Å²) in [7, 11) is 3.89. The Kier molecular flexibility index (Phi) is 6.17. The van der Waals surface area contributed by atoms with Crippen molar-refractivity contribution in [2.24, 2.45) is 5.73 Å². The van der Waals surface area contributed by atoms with Crippen molar-refractivity contribution in [1.29, 1.82) is 5.41 Å². The normalized spacial score (nSPS) is 12.1. The van der Waals surface area contributed by atoms with Gasteiger partial charge in [0.2, 0.25) is 5.95 Å². The number of fused-ring (bicyclic) bond motifs is 1. The van der Waals surface area contributed by atoms with E-state index in [2.05, 4.69) is 40.4 Å². The predicted molar refractivity (Wildman–Crippen MR) is 126 cm³/mol. The highest BCUT2D eigenvalue weighted by Gasteiger charge is 2.14. The number of aryl methyl sites for hydroxylation is 1. The van der Waals surface area contributed by atoms with Crippen LogP contribution in [0.3, 0.4) is 0 Å². The van der Waals surface area contributed by atoms with E-state index >= 15 is 0 Å². The first-order valence-electron chi connectivity index (χ1n) is 9.95. The van der Waals surface area contributed by atoms with Crippen LogP contribution >= 0.6 is 0 Å². The minimum absolute atomic E-state index is 0.344. The zero-order valence-electron chi connectivity index (χ0n) is 18.3. The van der Waals surface area contributed by atoms with Crippen LogP contribution in [0, 0.1) is 12.3 Å². The van der Waals surface area contributed by atoms with E-state index in [1.54, 1.807) is 0 Å². The summed E-state index contributed by atoms with van der Waals surface area (Å²) in [6, 6.07) is 12.3. The Hall–Kier alpha value is -3.25. The molecule has 30 heavy (non-hydrogen) atoms. The summed E-state index contributed by atoms with van der Waals surface area (Å²) in [5, 5.41) is 12.2. The van der Waals surface area contributed by atoms with Crippen LogP contribution in [0.5, 0.6) is 0 Å². The van der Waals surface area contributed by atoms with Gasteiger partial charge in [0, 0.05) is 54.9 Å². The van der Waals surface area contributed by atoms with Crippen LogP contribution in [-0.2, 0) is 6.42 Å². The van der Waals surface area contributed by atoms with Gasteiger partial charge in [-0.3, -0.25) is 0 Å². The van der Waals surface area contributed by atoms with E-state index in [0.29, 0.717) is 12.4 Å². The highest BCUT2D eigenvalue weighted by atomic mass is 15.1. The summed E-state index contributed by atoms with van der Waals surface area (Å²) in [5.41, 5.74) is 11.7. The maximum absolute atomic E-state index is 7.85.